The number of carbonyl (C=O) groups excluding carboxylic acids is 2. The van der Waals surface area contributed by atoms with E-state index in [0.717, 1.165) is 31.3 Å². The zero-order valence-corrected chi connectivity index (χ0v) is 16.2. The van der Waals surface area contributed by atoms with Crippen molar-refractivity contribution in [3.05, 3.63) is 11.6 Å². The van der Waals surface area contributed by atoms with Crippen molar-refractivity contribution < 1.29 is 14.3 Å². The molecule has 1 rings (SSSR count). The molecule has 0 saturated heterocycles. The Labute approximate surface area is 152 Å². The minimum absolute atomic E-state index is 0. The lowest BCUT2D eigenvalue weighted by Gasteiger charge is -2.37. The van der Waals surface area contributed by atoms with Gasteiger partial charge in [0.1, 0.15) is 0 Å². The number of nitrogens with two attached hydrogens (primary N) is 1. The first-order valence-electron chi connectivity index (χ1n) is 8.84. The largest absolute Gasteiger partial charge is 0.369 e. The standard InChI is InChI=1S/C18H32N2O3.ClH/c1-5-8-9-16(22)13-10-15(19)18(20-12(4)21)17(11-13)23-14(6-2)7-3;/h11,14-15,17-18H,5-10,19H2,1-4H3,(H,20,21);1H/t15-,17+,18+;/m0./s1. The predicted octanol–water partition coefficient (Wildman–Crippen LogP) is 2.90. The molecule has 6 heteroatoms. The summed E-state index contributed by atoms with van der Waals surface area (Å²) >= 11 is 0. The van der Waals surface area contributed by atoms with Crippen molar-refractivity contribution in [1.82, 2.24) is 5.32 Å². The highest BCUT2D eigenvalue weighted by atomic mass is 35.5. The number of nitrogens with one attached hydrogen (secondary N) is 1. The van der Waals surface area contributed by atoms with Crippen LogP contribution in [0.1, 0.15) is 66.2 Å². The molecule has 0 saturated carbocycles. The van der Waals surface area contributed by atoms with E-state index >= 15 is 0 Å². The van der Waals surface area contributed by atoms with Crippen molar-refractivity contribution in [1.29, 1.82) is 0 Å². The summed E-state index contributed by atoms with van der Waals surface area (Å²) in [7, 11) is 0. The summed E-state index contributed by atoms with van der Waals surface area (Å²) in [5.74, 6) is 0.0273. The van der Waals surface area contributed by atoms with Crippen molar-refractivity contribution in [2.75, 3.05) is 0 Å². The number of rotatable bonds is 9. The van der Waals surface area contributed by atoms with Crippen molar-refractivity contribution >= 4 is 24.1 Å². The van der Waals surface area contributed by atoms with Gasteiger partial charge in [0.05, 0.1) is 18.2 Å². The fraction of sp³-hybridized carbons (Fsp3) is 0.778. The van der Waals surface area contributed by atoms with Crippen LogP contribution in [0.15, 0.2) is 11.6 Å². The van der Waals surface area contributed by atoms with Crippen LogP contribution in [-0.4, -0.2) is 36.0 Å². The van der Waals surface area contributed by atoms with Gasteiger partial charge in [-0.15, -0.1) is 12.4 Å². The number of ketones is 1. The van der Waals surface area contributed by atoms with E-state index in [1.54, 1.807) is 0 Å². The Hall–Kier alpha value is -0.910. The van der Waals surface area contributed by atoms with E-state index in [1.807, 2.05) is 6.08 Å². The number of hydrogen-bond donors (Lipinski definition) is 2. The van der Waals surface area contributed by atoms with Gasteiger partial charge in [-0.2, -0.15) is 0 Å². The van der Waals surface area contributed by atoms with Crippen molar-refractivity contribution in [2.24, 2.45) is 5.73 Å². The fourth-order valence-electron chi connectivity index (χ4n) is 2.95. The number of carbonyl (C=O) groups is 2. The molecular weight excluding hydrogens is 328 g/mol. The maximum Gasteiger partial charge on any atom is 0.217 e. The summed E-state index contributed by atoms with van der Waals surface area (Å²) in [6, 6.07) is -0.584. The Morgan fingerprint density at radius 2 is 1.96 bits per heavy atom. The first-order valence-corrected chi connectivity index (χ1v) is 8.84. The average Bonchev–Trinajstić information content (AvgIpc) is 2.52. The topological polar surface area (TPSA) is 81.4 Å². The van der Waals surface area contributed by atoms with Gasteiger partial charge in [0, 0.05) is 19.4 Å². The highest BCUT2D eigenvalue weighted by molar-refractivity contribution is 5.95. The van der Waals surface area contributed by atoms with Crippen LogP contribution in [0.25, 0.3) is 0 Å². The zero-order chi connectivity index (χ0) is 17.4. The van der Waals surface area contributed by atoms with E-state index in [9.17, 15) is 9.59 Å². The van der Waals surface area contributed by atoms with Crippen molar-refractivity contribution in [3.8, 4) is 0 Å². The zero-order valence-electron chi connectivity index (χ0n) is 15.3. The van der Waals surface area contributed by atoms with Crippen LogP contribution in [-0.2, 0) is 14.3 Å². The molecule has 0 fully saturated rings. The fourth-order valence-corrected chi connectivity index (χ4v) is 2.95. The average molecular weight is 361 g/mol. The van der Waals surface area contributed by atoms with E-state index in [0.29, 0.717) is 12.8 Å². The molecule has 0 bridgehead atoms. The number of hydrogen-bond acceptors (Lipinski definition) is 4. The number of halogens is 1. The van der Waals surface area contributed by atoms with Crippen molar-refractivity contribution in [2.45, 2.75) is 90.5 Å². The highest BCUT2D eigenvalue weighted by Crippen LogP contribution is 2.24. The third-order valence-corrected chi connectivity index (χ3v) is 4.38. The van der Waals surface area contributed by atoms with Crippen LogP contribution in [0.3, 0.4) is 0 Å². The lowest BCUT2D eigenvalue weighted by Crippen LogP contribution is -2.57. The molecular formula is C18H33ClN2O3. The smallest absolute Gasteiger partial charge is 0.217 e. The van der Waals surface area contributed by atoms with Gasteiger partial charge in [-0.05, 0) is 37.3 Å². The van der Waals surface area contributed by atoms with Gasteiger partial charge in [0.25, 0.3) is 0 Å². The molecule has 1 aliphatic carbocycles. The Balaban J connectivity index is 0.00000529. The monoisotopic (exact) mass is 360 g/mol. The molecule has 3 atom stereocenters. The summed E-state index contributed by atoms with van der Waals surface area (Å²) in [5.41, 5.74) is 7.00. The van der Waals surface area contributed by atoms with E-state index in [4.69, 9.17) is 10.5 Å². The van der Waals surface area contributed by atoms with Crippen LogP contribution in [0.5, 0.6) is 0 Å². The third-order valence-electron chi connectivity index (χ3n) is 4.38. The lowest BCUT2D eigenvalue weighted by molar-refractivity contribution is -0.121. The van der Waals surface area contributed by atoms with Gasteiger partial charge in [-0.25, -0.2) is 0 Å². The minimum Gasteiger partial charge on any atom is -0.369 e. The number of unbranched alkanes of at least 4 members (excludes halogenated alkanes) is 1. The van der Waals surface area contributed by atoms with Crippen LogP contribution in [0.2, 0.25) is 0 Å². The quantitative estimate of drug-likeness (QED) is 0.662. The SMILES string of the molecule is CCCCC(=O)C1=C[C@@H](OC(CC)CC)[C@H](NC(C)=O)[C@@H](N)C1.Cl. The predicted molar refractivity (Wildman–Crippen MR) is 99.3 cm³/mol. The molecule has 0 radical (unpaired) electrons. The van der Waals surface area contributed by atoms with E-state index < -0.39 is 0 Å². The Kier molecular flexibility index (Phi) is 11.2. The van der Waals surface area contributed by atoms with Gasteiger partial charge in [-0.3, -0.25) is 9.59 Å². The molecule has 3 N–H and O–H groups in total. The third kappa shape index (κ3) is 6.91. The van der Waals surface area contributed by atoms with E-state index in [-0.39, 0.29) is 48.4 Å². The van der Waals surface area contributed by atoms with Gasteiger partial charge >= 0.3 is 0 Å². The summed E-state index contributed by atoms with van der Waals surface area (Å²) in [6.07, 6.45) is 6.36. The molecule has 0 aromatic rings. The van der Waals surface area contributed by atoms with Gasteiger partial charge in [0.2, 0.25) is 5.91 Å². The van der Waals surface area contributed by atoms with Gasteiger partial charge in [-0.1, -0.05) is 27.2 Å². The summed E-state index contributed by atoms with van der Waals surface area (Å²) in [5, 5.41) is 2.89. The normalized spacial score (nSPS) is 23.4. The number of ether oxygens (including phenoxy) is 1. The number of amides is 1. The maximum absolute atomic E-state index is 12.3. The molecule has 24 heavy (non-hydrogen) atoms. The van der Waals surface area contributed by atoms with Gasteiger partial charge < -0.3 is 15.8 Å². The Bertz CT molecular complexity index is 436. The van der Waals surface area contributed by atoms with Crippen molar-refractivity contribution in [3.63, 3.8) is 0 Å². The van der Waals surface area contributed by atoms with Gasteiger partial charge in [0.15, 0.2) is 5.78 Å². The molecule has 1 aliphatic rings. The summed E-state index contributed by atoms with van der Waals surface area (Å²) in [6.45, 7) is 7.69. The first-order chi connectivity index (χ1) is 10.9. The van der Waals surface area contributed by atoms with Crippen LogP contribution < -0.4 is 11.1 Å². The summed E-state index contributed by atoms with van der Waals surface area (Å²) < 4.78 is 6.14. The Morgan fingerprint density at radius 3 is 2.46 bits per heavy atom. The summed E-state index contributed by atoms with van der Waals surface area (Å²) in [4.78, 5) is 23.8. The molecule has 0 aromatic heterocycles. The molecule has 0 aliphatic heterocycles. The lowest BCUT2D eigenvalue weighted by atomic mass is 9.85. The molecule has 0 spiro atoms. The van der Waals surface area contributed by atoms with Crippen LogP contribution >= 0.6 is 12.4 Å². The second kappa shape index (κ2) is 11.6. The number of Topliss-reactive ketones (excluding diaryl/α,β-unsaturated/α-hetero) is 1. The molecule has 140 valence electrons. The molecule has 5 nitrogen and oxygen atoms in total. The minimum atomic E-state index is -0.340. The van der Waals surface area contributed by atoms with Crippen LogP contribution in [0.4, 0.5) is 0 Å². The molecule has 0 unspecified atom stereocenters. The molecule has 1 amide bonds. The Morgan fingerprint density at radius 1 is 1.33 bits per heavy atom. The maximum atomic E-state index is 12.3. The van der Waals surface area contributed by atoms with Crippen LogP contribution in [0, 0.1) is 0 Å². The van der Waals surface area contributed by atoms with E-state index in [1.165, 1.54) is 6.92 Å². The highest BCUT2D eigenvalue weighted by Gasteiger charge is 2.35. The first kappa shape index (κ1) is 23.1. The second-order valence-electron chi connectivity index (χ2n) is 6.35. The second-order valence-corrected chi connectivity index (χ2v) is 6.35. The molecule has 0 heterocycles. The molecule has 0 aromatic carbocycles. The van der Waals surface area contributed by atoms with E-state index in [2.05, 4.69) is 26.1 Å².